The number of carbonyl (C=O) groups is 3. The molecule has 0 radical (unpaired) electrons. The molecular weight excluding hydrogens is 2070 g/mol. The van der Waals surface area contributed by atoms with E-state index in [1.165, 1.54) is 50.1 Å². The molecule has 3 saturated heterocycles. The first kappa shape index (κ1) is 107. The lowest BCUT2D eigenvalue weighted by molar-refractivity contribution is -0.131. The Bertz CT molecular complexity index is 6860. The summed E-state index contributed by atoms with van der Waals surface area (Å²) in [7, 11) is 0. The van der Waals surface area contributed by atoms with Crippen LogP contribution in [0.1, 0.15) is 151 Å². The van der Waals surface area contributed by atoms with E-state index >= 15 is 4.39 Å². The van der Waals surface area contributed by atoms with Crippen molar-refractivity contribution in [2.24, 2.45) is 0 Å². The molecule has 732 valence electrons. The first-order valence-electron chi connectivity index (χ1n) is 43.7. The third-order valence-electron chi connectivity index (χ3n) is 24.8. The summed E-state index contributed by atoms with van der Waals surface area (Å²) in [5.74, 6) is -6.78. The number of benzene rings is 3. The average Bonchev–Trinajstić information content (AvgIpc) is 0.725. The zero-order chi connectivity index (χ0) is 104. The van der Waals surface area contributed by atoms with Crippen molar-refractivity contribution in [2.45, 2.75) is 158 Å². The number of carbonyl (C=O) groups excluding carboxylic acids is 3. The van der Waals surface area contributed by atoms with E-state index in [0.29, 0.717) is 67.0 Å². The minimum absolute atomic E-state index is 0.00676. The molecule has 0 saturated carbocycles. The van der Waals surface area contributed by atoms with Crippen LogP contribution >= 0.6 is 139 Å². The number of piperazine rings is 3. The Balaban J connectivity index is 0.000000178. The fourth-order valence-corrected chi connectivity index (χ4v) is 21.5. The number of hydrogen-bond acceptors (Lipinski definition) is 21. The highest BCUT2D eigenvalue weighted by Gasteiger charge is 2.42. The van der Waals surface area contributed by atoms with Crippen LogP contribution in [0.15, 0.2) is 107 Å². The fraction of sp³-hybridized carbons (Fsp3) is 0.303. The quantitative estimate of drug-likeness (QED) is 0.0487. The summed E-state index contributed by atoms with van der Waals surface area (Å²) in [5, 5.41) is 60.5. The van der Waals surface area contributed by atoms with Gasteiger partial charge < -0.3 is 44.7 Å². The Hall–Kier alpha value is -11.6. The van der Waals surface area contributed by atoms with Crippen molar-refractivity contribution in [3.8, 4) is 86.3 Å². The van der Waals surface area contributed by atoms with E-state index in [4.69, 9.17) is 154 Å². The molecular formula is C99H87Cl12F3N18O9. The van der Waals surface area contributed by atoms with Crippen LogP contribution in [-0.4, -0.2) is 167 Å². The van der Waals surface area contributed by atoms with Crippen LogP contribution in [0.4, 0.5) is 30.2 Å². The molecule has 3 aliphatic heterocycles. The number of hydrogen-bond donors (Lipinski definition) is 3. The van der Waals surface area contributed by atoms with Crippen LogP contribution in [0.2, 0.25) is 60.3 Å². The van der Waals surface area contributed by atoms with E-state index in [1.54, 1.807) is 72.3 Å². The normalized spacial score (nSPS) is 16.6. The second-order valence-electron chi connectivity index (χ2n) is 35.1. The number of aryl methyl sites for hydroxylation is 3. The van der Waals surface area contributed by atoms with Crippen LogP contribution in [0, 0.1) is 72.2 Å². The fourth-order valence-electron chi connectivity index (χ4n) is 18.7. The zero-order valence-corrected chi connectivity index (χ0v) is 87.1. The van der Waals surface area contributed by atoms with Gasteiger partial charge in [-0.1, -0.05) is 200 Å². The first-order chi connectivity index (χ1) is 66.5. The molecule has 15 rings (SSSR count). The zero-order valence-electron chi connectivity index (χ0n) is 78.0. The summed E-state index contributed by atoms with van der Waals surface area (Å²) in [6, 6.07) is 14.1. The monoisotopic (exact) mass is 2150 g/mol. The number of phenolic OH excluding ortho intramolecular Hbond substituents is 3. The van der Waals surface area contributed by atoms with Gasteiger partial charge in [-0.2, -0.15) is 15.8 Å². The van der Waals surface area contributed by atoms with Gasteiger partial charge in [0.2, 0.25) is 17.7 Å². The molecule has 3 N–H and O–H groups in total. The van der Waals surface area contributed by atoms with Crippen LogP contribution in [-0.2, 0) is 14.4 Å². The van der Waals surface area contributed by atoms with Crippen molar-refractivity contribution in [1.82, 2.24) is 58.3 Å². The number of aromatic hydroxyl groups is 3. The van der Waals surface area contributed by atoms with Crippen molar-refractivity contribution in [3.05, 3.63) is 252 Å². The van der Waals surface area contributed by atoms with E-state index in [2.05, 4.69) is 52.9 Å². The molecule has 0 spiro atoms. The Labute approximate surface area is 867 Å². The van der Waals surface area contributed by atoms with Gasteiger partial charge in [0.15, 0.2) is 17.5 Å². The molecule has 141 heavy (non-hydrogen) atoms. The highest BCUT2D eigenvalue weighted by Crippen LogP contribution is 2.54. The lowest BCUT2D eigenvalue weighted by atomic mass is 10.0. The number of rotatable bonds is 15. The summed E-state index contributed by atoms with van der Waals surface area (Å²) in [5.41, 5.74) is 1.69. The molecule has 9 aromatic heterocycles. The van der Waals surface area contributed by atoms with Crippen LogP contribution in [0.25, 0.3) is 83.9 Å². The number of halogens is 15. The maximum absolute atomic E-state index is 15.7. The second kappa shape index (κ2) is 42.1. The molecule has 12 heterocycles. The van der Waals surface area contributed by atoms with E-state index in [0.717, 1.165) is 0 Å². The summed E-state index contributed by atoms with van der Waals surface area (Å²) in [6.45, 7) is 40.5. The number of nitriles is 3. The molecule has 0 aliphatic carbocycles. The Morgan fingerprint density at radius 1 is 0.383 bits per heavy atom. The Morgan fingerprint density at radius 2 is 0.624 bits per heavy atom. The van der Waals surface area contributed by atoms with Gasteiger partial charge in [0.25, 0.3) is 16.7 Å². The topological polar surface area (TPSA) is 346 Å². The van der Waals surface area contributed by atoms with Gasteiger partial charge in [0, 0.05) is 110 Å². The van der Waals surface area contributed by atoms with Crippen molar-refractivity contribution >= 4 is 207 Å². The Kier molecular flexibility index (Phi) is 31.9. The Morgan fingerprint density at radius 3 is 0.865 bits per heavy atom. The van der Waals surface area contributed by atoms with Crippen molar-refractivity contribution in [2.75, 3.05) is 54.0 Å². The van der Waals surface area contributed by atoms with Gasteiger partial charge in [0.05, 0.1) is 130 Å². The number of anilines is 3. The van der Waals surface area contributed by atoms with Gasteiger partial charge in [-0.05, 0) is 151 Å². The third kappa shape index (κ3) is 18.8. The maximum Gasteiger partial charge on any atom is 0.276 e. The summed E-state index contributed by atoms with van der Waals surface area (Å²) in [6.07, 6.45) is 8.63. The lowest BCUT2D eigenvalue weighted by Gasteiger charge is -2.45. The first-order valence-corrected chi connectivity index (χ1v) is 48.2. The average molecular weight is 2160 g/mol. The number of nitrogens with zero attached hydrogens (tertiary/aromatic N) is 18. The summed E-state index contributed by atoms with van der Waals surface area (Å²) >= 11 is 76.2. The van der Waals surface area contributed by atoms with E-state index in [-0.39, 0.29) is 205 Å². The maximum atomic E-state index is 15.7. The highest BCUT2D eigenvalue weighted by molar-refractivity contribution is 6.50. The van der Waals surface area contributed by atoms with Crippen LogP contribution in [0.5, 0.6) is 17.2 Å². The molecule has 3 aliphatic rings. The van der Waals surface area contributed by atoms with Gasteiger partial charge in [-0.3, -0.25) is 57.4 Å². The van der Waals surface area contributed by atoms with Crippen molar-refractivity contribution in [3.63, 3.8) is 0 Å². The summed E-state index contributed by atoms with van der Waals surface area (Å²) < 4.78 is 48.8. The standard InChI is InChI=1S/3C33H29Cl4FN6O3/c1-7-21(45)43-16(5)12-42(13-17(43)6)30-18-10-20(34)28(22-26(38)24(36)23(35)25(37)31(22)46)41-32(18)44(33(47)19(30)11-39)29-15(4)8-9-40-27(29)14(2)3;2*1-7-21(45)43-16(5)12-42(13-17(43)6)30-18-10-20(34)28(22-23(35)24(36)26(38)25(37)31(22)46)41-32(18)44(33(47)19(30)11-39)29-15(4)8-9-40-27(29)14(2)3/h3*7-10,14,16-17,46H,1,12-13H2,2-6H3/t3*16-,17+. The molecule has 6 atom stereocenters. The van der Waals surface area contributed by atoms with Crippen LogP contribution in [0.3, 0.4) is 0 Å². The van der Waals surface area contributed by atoms with E-state index < -0.39 is 102 Å². The van der Waals surface area contributed by atoms with Crippen LogP contribution < -0.4 is 31.4 Å². The third-order valence-corrected chi connectivity index (χ3v) is 29.3. The number of phenols is 3. The predicted octanol–water partition coefficient (Wildman–Crippen LogP) is 23.5. The number of pyridine rings is 9. The number of aromatic nitrogens is 9. The SMILES string of the molecule is C=CC(=O)N1[C@H](C)CN(c2c(C#N)c(=O)n(-c3c(C)ccnc3C(C)C)c3nc(-c4c(O)c(Cl)c(Cl)c(Cl)c4F)c(Cl)cc23)C[C@@H]1C.C=CC(=O)N1[C@H](C)CN(c2c(C#N)c(=O)n(-c3c(C)ccnc3C(C)C)c3nc(-c4c(O)c(Cl)c(F)c(Cl)c4Cl)c(Cl)cc23)C[C@@H]1C.C=CC(=O)N1[C@H](C)CN(c2c(C#N)c(=O)n(-c3c(C)ccnc3C(C)C)c3nc(-c4c(O)c(Cl)c(F)c(Cl)c4Cl)c(Cl)cc23)C[C@@H]1C. The van der Waals surface area contributed by atoms with Crippen molar-refractivity contribution < 1.29 is 42.9 Å². The minimum Gasteiger partial charge on any atom is -0.506 e. The van der Waals surface area contributed by atoms with Gasteiger partial charge >= 0.3 is 0 Å². The molecule has 12 aromatic rings. The molecule has 42 heteroatoms. The molecule has 3 fully saturated rings. The van der Waals surface area contributed by atoms with Crippen molar-refractivity contribution in [1.29, 1.82) is 15.8 Å². The second-order valence-corrected chi connectivity index (χ2v) is 39.8. The smallest absolute Gasteiger partial charge is 0.276 e. The predicted molar refractivity (Wildman–Crippen MR) is 552 cm³/mol. The number of fused-ring (bicyclic) bond motifs is 3. The van der Waals surface area contributed by atoms with Gasteiger partial charge in [-0.15, -0.1) is 0 Å². The molecule has 3 aromatic carbocycles. The minimum atomic E-state index is -1.13. The molecule has 0 bridgehead atoms. The lowest BCUT2D eigenvalue weighted by Crippen LogP contribution is -2.58. The van der Waals surface area contributed by atoms with Gasteiger partial charge in [-0.25, -0.2) is 28.1 Å². The highest BCUT2D eigenvalue weighted by atomic mass is 35.5. The largest absolute Gasteiger partial charge is 0.506 e. The van der Waals surface area contributed by atoms with E-state index in [1.807, 2.05) is 97.8 Å². The molecule has 3 amide bonds. The molecule has 27 nitrogen and oxygen atoms in total. The van der Waals surface area contributed by atoms with E-state index in [9.17, 15) is 68.7 Å². The van der Waals surface area contributed by atoms with Gasteiger partial charge in [0.1, 0.15) is 84.2 Å². The number of amides is 3. The molecule has 0 unspecified atom stereocenters. The summed E-state index contributed by atoms with van der Waals surface area (Å²) in [4.78, 5) is 120.